The first-order valence-corrected chi connectivity index (χ1v) is 9.85. The molecule has 0 unspecified atom stereocenters. The number of ether oxygens (including phenoxy) is 1. The first-order valence-electron chi connectivity index (χ1n) is 9.47. The number of nitrogens with two attached hydrogens (primary N) is 1. The Morgan fingerprint density at radius 3 is 2.73 bits per heavy atom. The number of carbonyl (C=O) groups is 2. The molecular formula is C23H18ClFN2O3. The van der Waals surface area contributed by atoms with Gasteiger partial charge in [-0.25, -0.2) is 14.2 Å². The van der Waals surface area contributed by atoms with Crippen LogP contribution in [0.3, 0.4) is 0 Å². The lowest BCUT2D eigenvalue weighted by atomic mass is 9.86. The van der Waals surface area contributed by atoms with Gasteiger partial charge in [0, 0.05) is 10.9 Å². The van der Waals surface area contributed by atoms with Crippen molar-refractivity contribution in [2.75, 3.05) is 6.61 Å². The Morgan fingerprint density at radius 1 is 1.17 bits per heavy atom. The van der Waals surface area contributed by atoms with Crippen molar-refractivity contribution in [1.82, 2.24) is 4.98 Å². The monoisotopic (exact) mass is 424 g/mol. The molecule has 7 heteroatoms. The molecule has 1 aliphatic rings. The Hall–Kier alpha value is -3.25. The molecule has 0 radical (unpaired) electrons. The molecule has 0 atom stereocenters. The van der Waals surface area contributed by atoms with Crippen LogP contribution in [-0.4, -0.2) is 23.5 Å². The number of benzene rings is 2. The third kappa shape index (κ3) is 3.78. The largest absolute Gasteiger partial charge is 0.452 e. The zero-order valence-electron chi connectivity index (χ0n) is 16.0. The van der Waals surface area contributed by atoms with Crippen LogP contribution in [0.5, 0.6) is 0 Å². The average Bonchev–Trinajstić information content (AvgIpc) is 2.73. The van der Waals surface area contributed by atoms with Crippen LogP contribution in [0.1, 0.15) is 40.0 Å². The van der Waals surface area contributed by atoms with E-state index in [-0.39, 0.29) is 5.56 Å². The van der Waals surface area contributed by atoms with E-state index in [1.54, 1.807) is 36.4 Å². The Kier molecular flexibility index (Phi) is 5.50. The lowest BCUT2D eigenvalue weighted by molar-refractivity contribution is -0.121. The number of amides is 1. The van der Waals surface area contributed by atoms with Gasteiger partial charge in [0.1, 0.15) is 5.82 Å². The molecule has 3 aromatic rings. The van der Waals surface area contributed by atoms with Gasteiger partial charge >= 0.3 is 5.97 Å². The number of allylic oxidation sites excluding steroid dienone is 1. The van der Waals surface area contributed by atoms with Crippen LogP contribution in [0.25, 0.3) is 22.6 Å². The van der Waals surface area contributed by atoms with Gasteiger partial charge in [0.2, 0.25) is 0 Å². The van der Waals surface area contributed by atoms with Crippen molar-refractivity contribution < 1.29 is 18.7 Å². The SMILES string of the molecule is NC(=O)COC(=O)c1c2c(nc3ccccc13)C(=Cc1c(F)cccc1Cl)CCC2. The van der Waals surface area contributed by atoms with Crippen LogP contribution in [0.4, 0.5) is 4.39 Å². The molecule has 1 amide bonds. The van der Waals surface area contributed by atoms with Gasteiger partial charge in [-0.05, 0) is 54.7 Å². The summed E-state index contributed by atoms with van der Waals surface area (Å²) in [4.78, 5) is 28.7. The first-order chi connectivity index (χ1) is 14.5. The summed E-state index contributed by atoms with van der Waals surface area (Å²) < 4.78 is 19.5. The summed E-state index contributed by atoms with van der Waals surface area (Å²) in [6.07, 6.45) is 3.71. The topological polar surface area (TPSA) is 82.3 Å². The molecule has 0 fully saturated rings. The van der Waals surface area contributed by atoms with Crippen LogP contribution in [-0.2, 0) is 16.0 Å². The lowest BCUT2D eigenvalue weighted by Crippen LogP contribution is -2.22. The van der Waals surface area contributed by atoms with Crippen molar-refractivity contribution in [1.29, 1.82) is 0 Å². The van der Waals surface area contributed by atoms with Gasteiger partial charge in [-0.1, -0.05) is 35.9 Å². The van der Waals surface area contributed by atoms with Crippen LogP contribution in [0, 0.1) is 5.82 Å². The van der Waals surface area contributed by atoms with Crippen LogP contribution >= 0.6 is 11.6 Å². The number of halogens is 2. The summed E-state index contributed by atoms with van der Waals surface area (Å²) in [5.74, 6) is -1.79. The van der Waals surface area contributed by atoms with Gasteiger partial charge in [0.15, 0.2) is 6.61 Å². The number of aromatic nitrogens is 1. The molecule has 0 saturated heterocycles. The number of fused-ring (bicyclic) bond motifs is 2. The smallest absolute Gasteiger partial charge is 0.339 e. The van der Waals surface area contributed by atoms with Gasteiger partial charge in [-0.2, -0.15) is 0 Å². The van der Waals surface area contributed by atoms with E-state index in [1.165, 1.54) is 6.07 Å². The highest BCUT2D eigenvalue weighted by Crippen LogP contribution is 2.37. The highest BCUT2D eigenvalue weighted by molar-refractivity contribution is 6.32. The minimum atomic E-state index is -0.731. The highest BCUT2D eigenvalue weighted by Gasteiger charge is 2.26. The molecule has 30 heavy (non-hydrogen) atoms. The summed E-state index contributed by atoms with van der Waals surface area (Å²) in [6, 6.07) is 11.7. The van der Waals surface area contributed by atoms with Gasteiger partial charge in [-0.3, -0.25) is 4.79 Å². The number of esters is 1. The van der Waals surface area contributed by atoms with Gasteiger partial charge < -0.3 is 10.5 Å². The number of primary amides is 1. The molecule has 0 saturated carbocycles. The molecule has 5 nitrogen and oxygen atoms in total. The Balaban J connectivity index is 1.91. The predicted octanol–water partition coefficient (Wildman–Crippen LogP) is 4.55. The van der Waals surface area contributed by atoms with Gasteiger partial charge in [-0.15, -0.1) is 0 Å². The number of carbonyl (C=O) groups excluding carboxylic acids is 2. The number of nitrogens with zero attached hydrogens (tertiary/aromatic N) is 1. The number of hydrogen-bond acceptors (Lipinski definition) is 4. The maximum absolute atomic E-state index is 14.4. The molecule has 2 N–H and O–H groups in total. The molecule has 1 aromatic heterocycles. The summed E-state index contributed by atoms with van der Waals surface area (Å²) >= 11 is 6.20. The molecule has 1 heterocycles. The number of rotatable bonds is 4. The molecule has 4 rings (SSSR count). The normalized spacial score (nSPS) is 14.5. The van der Waals surface area contributed by atoms with Gasteiger partial charge in [0.05, 0.1) is 21.8 Å². The van der Waals surface area contributed by atoms with Crippen LogP contribution < -0.4 is 5.73 Å². The molecular weight excluding hydrogens is 407 g/mol. The predicted molar refractivity (Wildman–Crippen MR) is 113 cm³/mol. The lowest BCUT2D eigenvalue weighted by Gasteiger charge is -2.22. The van der Waals surface area contributed by atoms with E-state index >= 15 is 0 Å². The van der Waals surface area contributed by atoms with E-state index in [0.29, 0.717) is 45.6 Å². The summed E-state index contributed by atoms with van der Waals surface area (Å²) in [7, 11) is 0. The Labute approximate surface area is 177 Å². The Bertz CT molecular complexity index is 1190. The fourth-order valence-corrected chi connectivity index (χ4v) is 3.96. The van der Waals surface area contributed by atoms with Crippen molar-refractivity contribution >= 4 is 46.0 Å². The van der Waals surface area contributed by atoms with Crippen LogP contribution in [0.2, 0.25) is 5.02 Å². The average molecular weight is 425 g/mol. The van der Waals surface area contributed by atoms with E-state index in [1.807, 2.05) is 6.07 Å². The first kappa shape index (κ1) is 20.0. The molecule has 0 spiro atoms. The van der Waals surface area contributed by atoms with Crippen LogP contribution in [0.15, 0.2) is 42.5 Å². The number of pyridine rings is 1. The third-order valence-electron chi connectivity index (χ3n) is 5.04. The van der Waals surface area contributed by atoms with Crippen molar-refractivity contribution in [2.45, 2.75) is 19.3 Å². The maximum Gasteiger partial charge on any atom is 0.339 e. The van der Waals surface area contributed by atoms with E-state index in [0.717, 1.165) is 12.0 Å². The minimum absolute atomic E-state index is 0.287. The van der Waals surface area contributed by atoms with Crippen molar-refractivity contribution in [2.24, 2.45) is 5.73 Å². The molecule has 0 aliphatic heterocycles. The zero-order valence-corrected chi connectivity index (χ0v) is 16.7. The number of hydrogen-bond donors (Lipinski definition) is 1. The van der Waals surface area contributed by atoms with Crippen molar-refractivity contribution in [3.63, 3.8) is 0 Å². The molecule has 0 bridgehead atoms. The van der Waals surface area contributed by atoms with E-state index in [4.69, 9.17) is 27.1 Å². The van der Waals surface area contributed by atoms with E-state index in [2.05, 4.69) is 0 Å². The zero-order chi connectivity index (χ0) is 21.3. The number of para-hydroxylation sites is 1. The molecule has 2 aromatic carbocycles. The Morgan fingerprint density at radius 2 is 1.97 bits per heavy atom. The fourth-order valence-electron chi connectivity index (χ4n) is 3.74. The third-order valence-corrected chi connectivity index (χ3v) is 5.37. The minimum Gasteiger partial charge on any atom is -0.452 e. The second kappa shape index (κ2) is 8.24. The fraction of sp³-hybridized carbons (Fsp3) is 0.174. The second-order valence-corrected chi connectivity index (χ2v) is 7.44. The van der Waals surface area contributed by atoms with Crippen molar-refractivity contribution in [3.8, 4) is 0 Å². The standard InChI is InChI=1S/C23H18ClFN2O3/c24-17-8-4-9-18(25)16(17)11-13-5-3-7-15-21(23(29)30-12-20(26)28)14-6-1-2-10-19(14)27-22(13)15/h1-2,4,6,8-11H,3,5,7,12H2,(H2,26,28). The summed E-state index contributed by atoms with van der Waals surface area (Å²) in [6.45, 7) is -0.502. The summed E-state index contributed by atoms with van der Waals surface area (Å²) in [5.41, 5.74) is 8.50. The molecule has 152 valence electrons. The second-order valence-electron chi connectivity index (χ2n) is 7.03. The summed E-state index contributed by atoms with van der Waals surface area (Å²) in [5, 5.41) is 0.937. The van der Waals surface area contributed by atoms with E-state index < -0.39 is 24.3 Å². The maximum atomic E-state index is 14.4. The van der Waals surface area contributed by atoms with Crippen molar-refractivity contribution in [3.05, 3.63) is 75.7 Å². The van der Waals surface area contributed by atoms with Gasteiger partial charge in [0.25, 0.3) is 5.91 Å². The quantitative estimate of drug-likeness (QED) is 0.623. The van der Waals surface area contributed by atoms with E-state index in [9.17, 15) is 14.0 Å². The highest BCUT2D eigenvalue weighted by atomic mass is 35.5. The molecule has 1 aliphatic carbocycles.